The van der Waals surface area contributed by atoms with Gasteiger partial charge in [0, 0.05) is 36.5 Å². The number of likely N-dealkylation sites (N-methyl/N-ethyl adjacent to an activating group) is 1. The third-order valence-electron chi connectivity index (χ3n) is 4.20. The molecule has 1 aliphatic heterocycles. The monoisotopic (exact) mass is 364 g/mol. The van der Waals surface area contributed by atoms with Crippen LogP contribution in [0.1, 0.15) is 22.6 Å². The number of ether oxygens (including phenoxy) is 1. The summed E-state index contributed by atoms with van der Waals surface area (Å²) in [4.78, 5) is 19.2. The highest BCUT2D eigenvalue weighted by atomic mass is 32.1. The summed E-state index contributed by atoms with van der Waals surface area (Å²) >= 11 is 3.43. The molecule has 3 rings (SSSR count). The molecule has 2 aromatic heterocycles. The summed E-state index contributed by atoms with van der Waals surface area (Å²) < 4.78 is 5.77. The van der Waals surface area contributed by atoms with E-state index in [-0.39, 0.29) is 12.0 Å². The molecule has 1 saturated heterocycles. The number of amides is 1. The Morgan fingerprint density at radius 2 is 1.92 bits per heavy atom. The van der Waals surface area contributed by atoms with Gasteiger partial charge in [0.15, 0.2) is 0 Å². The van der Waals surface area contributed by atoms with Gasteiger partial charge in [-0.3, -0.25) is 9.69 Å². The zero-order valence-corrected chi connectivity index (χ0v) is 15.7. The van der Waals surface area contributed by atoms with Gasteiger partial charge in [-0.25, -0.2) is 0 Å². The second kappa shape index (κ2) is 8.76. The van der Waals surface area contributed by atoms with Gasteiger partial charge in [0.2, 0.25) is 5.91 Å². The third kappa shape index (κ3) is 5.14. The summed E-state index contributed by atoms with van der Waals surface area (Å²) in [5, 5.41) is 4.14. The Kier molecular flexibility index (Phi) is 6.43. The molecule has 0 saturated carbocycles. The highest BCUT2D eigenvalue weighted by Gasteiger charge is 2.22. The number of nitrogens with zero attached hydrogens (tertiary/aromatic N) is 2. The number of rotatable bonds is 8. The van der Waals surface area contributed by atoms with Crippen LogP contribution in [0.25, 0.3) is 0 Å². The van der Waals surface area contributed by atoms with Gasteiger partial charge in [-0.2, -0.15) is 0 Å². The molecule has 3 heterocycles. The molecule has 0 aliphatic carbocycles. The zero-order chi connectivity index (χ0) is 16.8. The molecule has 1 atom stereocenters. The number of thiophene rings is 2. The first-order chi connectivity index (χ1) is 11.7. The van der Waals surface area contributed by atoms with Crippen molar-refractivity contribution in [2.75, 3.05) is 26.7 Å². The van der Waals surface area contributed by atoms with E-state index < -0.39 is 0 Å². The lowest BCUT2D eigenvalue weighted by Crippen LogP contribution is -2.40. The van der Waals surface area contributed by atoms with Crippen LogP contribution in [-0.2, 0) is 22.6 Å². The SMILES string of the molecule is CN(Cc1cccs1)C(=O)CN(Cc1cccs1)CC1CCCO1. The summed E-state index contributed by atoms with van der Waals surface area (Å²) in [6, 6.07) is 8.30. The van der Waals surface area contributed by atoms with E-state index in [1.165, 1.54) is 9.75 Å². The van der Waals surface area contributed by atoms with Gasteiger partial charge in [-0.1, -0.05) is 12.1 Å². The van der Waals surface area contributed by atoms with Gasteiger partial charge >= 0.3 is 0 Å². The summed E-state index contributed by atoms with van der Waals surface area (Å²) in [6.07, 6.45) is 2.49. The van der Waals surface area contributed by atoms with Gasteiger partial charge in [0.1, 0.15) is 0 Å². The van der Waals surface area contributed by atoms with Crippen LogP contribution in [0.5, 0.6) is 0 Å². The maximum atomic E-state index is 12.6. The Bertz CT molecular complexity index is 607. The van der Waals surface area contributed by atoms with Crippen molar-refractivity contribution in [2.24, 2.45) is 0 Å². The van der Waals surface area contributed by atoms with Crippen LogP contribution in [0, 0.1) is 0 Å². The smallest absolute Gasteiger partial charge is 0.236 e. The van der Waals surface area contributed by atoms with E-state index in [1.807, 2.05) is 23.4 Å². The van der Waals surface area contributed by atoms with Crippen molar-refractivity contribution >= 4 is 28.6 Å². The molecule has 0 bridgehead atoms. The van der Waals surface area contributed by atoms with Crippen molar-refractivity contribution in [3.8, 4) is 0 Å². The summed E-state index contributed by atoms with van der Waals surface area (Å²) in [6.45, 7) is 3.62. The topological polar surface area (TPSA) is 32.8 Å². The molecule has 0 spiro atoms. The van der Waals surface area contributed by atoms with Crippen LogP contribution in [-0.4, -0.2) is 48.6 Å². The molecule has 1 unspecified atom stereocenters. The number of hydrogen-bond acceptors (Lipinski definition) is 5. The molecule has 1 fully saturated rings. The van der Waals surface area contributed by atoms with E-state index in [9.17, 15) is 4.79 Å². The molecule has 24 heavy (non-hydrogen) atoms. The maximum Gasteiger partial charge on any atom is 0.236 e. The van der Waals surface area contributed by atoms with Crippen molar-refractivity contribution in [3.05, 3.63) is 44.8 Å². The van der Waals surface area contributed by atoms with E-state index in [0.29, 0.717) is 13.1 Å². The predicted molar refractivity (Wildman–Crippen MR) is 99.4 cm³/mol. The van der Waals surface area contributed by atoms with Crippen LogP contribution in [0.4, 0.5) is 0 Å². The van der Waals surface area contributed by atoms with Gasteiger partial charge in [-0.05, 0) is 35.7 Å². The largest absolute Gasteiger partial charge is 0.377 e. The Hall–Kier alpha value is -1.21. The molecular formula is C18H24N2O2S2. The Balaban J connectivity index is 1.57. The third-order valence-corrected chi connectivity index (χ3v) is 5.93. The number of carbonyl (C=O) groups is 1. The molecule has 1 amide bonds. The second-order valence-electron chi connectivity index (χ2n) is 6.21. The molecule has 2 aromatic rings. The molecule has 0 radical (unpaired) electrons. The fraction of sp³-hybridized carbons (Fsp3) is 0.500. The second-order valence-corrected chi connectivity index (χ2v) is 8.28. The van der Waals surface area contributed by atoms with Crippen molar-refractivity contribution in [2.45, 2.75) is 32.0 Å². The van der Waals surface area contributed by atoms with Gasteiger partial charge in [0.05, 0.1) is 19.2 Å². The lowest BCUT2D eigenvalue weighted by Gasteiger charge is -2.26. The normalized spacial score (nSPS) is 17.5. The van der Waals surface area contributed by atoms with Crippen LogP contribution in [0.2, 0.25) is 0 Å². The summed E-state index contributed by atoms with van der Waals surface area (Å²) in [7, 11) is 1.89. The van der Waals surface area contributed by atoms with E-state index in [1.54, 1.807) is 22.7 Å². The van der Waals surface area contributed by atoms with E-state index in [2.05, 4.69) is 28.5 Å². The van der Waals surface area contributed by atoms with Crippen LogP contribution >= 0.6 is 22.7 Å². The minimum Gasteiger partial charge on any atom is -0.377 e. The average Bonchev–Trinajstić information content (AvgIpc) is 3.30. The van der Waals surface area contributed by atoms with Gasteiger partial charge in [0.25, 0.3) is 0 Å². The van der Waals surface area contributed by atoms with Crippen molar-refractivity contribution in [1.29, 1.82) is 0 Å². The van der Waals surface area contributed by atoms with Crippen molar-refractivity contribution in [3.63, 3.8) is 0 Å². The lowest BCUT2D eigenvalue weighted by atomic mass is 10.2. The standard InChI is InChI=1S/C18H24N2O2S2/c1-19(12-16-6-3-9-23-16)18(21)14-20(11-15-5-2-8-22-15)13-17-7-4-10-24-17/h3-4,6-7,9-10,15H,2,5,8,11-14H2,1H3. The minimum absolute atomic E-state index is 0.165. The fourth-order valence-electron chi connectivity index (χ4n) is 2.92. The number of hydrogen-bond donors (Lipinski definition) is 0. The van der Waals surface area contributed by atoms with Crippen molar-refractivity contribution < 1.29 is 9.53 Å². The van der Waals surface area contributed by atoms with Gasteiger partial charge < -0.3 is 9.64 Å². The highest BCUT2D eigenvalue weighted by Crippen LogP contribution is 2.18. The fourth-order valence-corrected chi connectivity index (χ4v) is 4.42. The quantitative estimate of drug-likeness (QED) is 0.719. The van der Waals surface area contributed by atoms with Crippen LogP contribution < -0.4 is 0 Å². The minimum atomic E-state index is 0.165. The number of carbonyl (C=O) groups excluding carboxylic acids is 1. The molecule has 4 nitrogen and oxygen atoms in total. The highest BCUT2D eigenvalue weighted by molar-refractivity contribution is 7.10. The Morgan fingerprint density at radius 1 is 1.21 bits per heavy atom. The predicted octanol–water partition coefficient (Wildman–Crippen LogP) is 3.45. The van der Waals surface area contributed by atoms with E-state index in [0.717, 1.165) is 32.5 Å². The molecule has 0 aromatic carbocycles. The average molecular weight is 365 g/mol. The molecule has 0 N–H and O–H groups in total. The van der Waals surface area contributed by atoms with Crippen LogP contribution in [0.15, 0.2) is 35.0 Å². The molecule has 6 heteroatoms. The van der Waals surface area contributed by atoms with Crippen molar-refractivity contribution in [1.82, 2.24) is 9.80 Å². The molecular weight excluding hydrogens is 340 g/mol. The first-order valence-corrected chi connectivity index (χ1v) is 10.1. The first-order valence-electron chi connectivity index (χ1n) is 8.33. The van der Waals surface area contributed by atoms with Crippen LogP contribution in [0.3, 0.4) is 0 Å². The summed E-state index contributed by atoms with van der Waals surface area (Å²) in [5.41, 5.74) is 0. The Labute approximate surface area is 151 Å². The zero-order valence-electron chi connectivity index (χ0n) is 14.0. The van der Waals surface area contributed by atoms with E-state index in [4.69, 9.17) is 4.74 Å². The molecule has 130 valence electrons. The Morgan fingerprint density at radius 3 is 2.50 bits per heavy atom. The summed E-state index contributed by atoms with van der Waals surface area (Å²) in [5.74, 6) is 0.165. The van der Waals surface area contributed by atoms with Gasteiger partial charge in [-0.15, -0.1) is 22.7 Å². The van der Waals surface area contributed by atoms with E-state index >= 15 is 0 Å². The molecule has 1 aliphatic rings. The lowest BCUT2D eigenvalue weighted by molar-refractivity contribution is -0.132. The first kappa shape index (κ1) is 17.6. The maximum absolute atomic E-state index is 12.6.